The number of rotatable bonds is 1. The zero-order valence-electron chi connectivity index (χ0n) is 8.62. The summed E-state index contributed by atoms with van der Waals surface area (Å²) in [5.41, 5.74) is 1.31. The summed E-state index contributed by atoms with van der Waals surface area (Å²) in [4.78, 5) is 17.5. The Morgan fingerprint density at radius 2 is 2.19 bits per heavy atom. The number of carbonyl (C=O) groups excluding carboxylic acids is 1. The van der Waals surface area contributed by atoms with E-state index in [1.54, 1.807) is 20.2 Å². The van der Waals surface area contributed by atoms with E-state index in [4.69, 9.17) is 11.6 Å². The van der Waals surface area contributed by atoms with Crippen LogP contribution in [0.3, 0.4) is 0 Å². The first-order chi connectivity index (χ1) is 7.49. The predicted octanol–water partition coefficient (Wildman–Crippen LogP) is 3.41. The molecule has 0 atom stereocenters. The summed E-state index contributed by atoms with van der Waals surface area (Å²) in [6.45, 7) is 0. The molecule has 2 rings (SSSR count). The van der Waals surface area contributed by atoms with Crippen molar-refractivity contribution in [1.29, 1.82) is 0 Å². The van der Waals surface area contributed by atoms with E-state index in [1.807, 2.05) is 6.07 Å². The minimum absolute atomic E-state index is 0.0617. The van der Waals surface area contributed by atoms with E-state index in [1.165, 1.54) is 16.2 Å². The number of nitrogens with zero attached hydrogens (tertiary/aromatic N) is 2. The molecule has 0 N–H and O–H groups in total. The lowest BCUT2D eigenvalue weighted by molar-refractivity contribution is 0.0828. The van der Waals surface area contributed by atoms with E-state index in [2.05, 4.69) is 20.9 Å². The average molecular weight is 320 g/mol. The molecule has 6 heteroatoms. The highest BCUT2D eigenvalue weighted by Crippen LogP contribution is 2.32. The second kappa shape index (κ2) is 4.31. The lowest BCUT2D eigenvalue weighted by Crippen LogP contribution is -2.21. The average Bonchev–Trinajstić information content (AvgIpc) is 2.57. The third kappa shape index (κ3) is 2.07. The molecule has 0 saturated heterocycles. The maximum Gasteiger partial charge on any atom is 0.253 e. The molecule has 0 aliphatic carbocycles. The van der Waals surface area contributed by atoms with Gasteiger partial charge in [0.05, 0.1) is 9.72 Å². The number of thiazole rings is 1. The minimum atomic E-state index is -0.0617. The molecule has 0 saturated carbocycles. The van der Waals surface area contributed by atoms with E-state index >= 15 is 0 Å². The van der Waals surface area contributed by atoms with Crippen molar-refractivity contribution >= 4 is 55.0 Å². The number of hydrogen-bond acceptors (Lipinski definition) is 3. The van der Waals surface area contributed by atoms with Crippen LogP contribution in [0.15, 0.2) is 16.0 Å². The number of carbonyl (C=O) groups is 1. The summed E-state index contributed by atoms with van der Waals surface area (Å²) in [5.74, 6) is -0.0617. The Kier molecular flexibility index (Phi) is 3.19. The molecule has 1 heterocycles. The van der Waals surface area contributed by atoms with Gasteiger partial charge in [-0.15, -0.1) is 11.3 Å². The van der Waals surface area contributed by atoms with Gasteiger partial charge in [0.2, 0.25) is 0 Å². The second-order valence-electron chi connectivity index (χ2n) is 3.47. The zero-order valence-corrected chi connectivity index (χ0v) is 11.8. The molecule has 2 aromatic rings. The Balaban J connectivity index is 2.61. The van der Waals surface area contributed by atoms with E-state index < -0.39 is 0 Å². The van der Waals surface area contributed by atoms with Crippen LogP contribution in [0.1, 0.15) is 10.4 Å². The molecule has 0 radical (unpaired) electrons. The van der Waals surface area contributed by atoms with Crippen LogP contribution in [0.2, 0.25) is 5.02 Å². The molecule has 1 aromatic carbocycles. The molecule has 0 aliphatic heterocycles. The van der Waals surface area contributed by atoms with Crippen molar-refractivity contribution in [3.63, 3.8) is 0 Å². The first-order valence-electron chi connectivity index (χ1n) is 4.46. The summed E-state index contributed by atoms with van der Waals surface area (Å²) in [6, 6.07) is 3.46. The molecule has 3 nitrogen and oxygen atoms in total. The number of fused-ring (bicyclic) bond motifs is 1. The topological polar surface area (TPSA) is 33.2 Å². The van der Waals surface area contributed by atoms with Crippen molar-refractivity contribution in [2.75, 3.05) is 14.1 Å². The van der Waals surface area contributed by atoms with Crippen molar-refractivity contribution in [3.05, 3.63) is 26.6 Å². The van der Waals surface area contributed by atoms with E-state index in [0.717, 1.165) is 14.1 Å². The van der Waals surface area contributed by atoms with Crippen LogP contribution in [0.25, 0.3) is 10.2 Å². The second-order valence-corrected chi connectivity index (χ2v) is 6.19. The Morgan fingerprint density at radius 3 is 2.81 bits per heavy atom. The quantitative estimate of drug-likeness (QED) is 0.807. The normalized spacial score (nSPS) is 10.8. The van der Waals surface area contributed by atoms with Gasteiger partial charge >= 0.3 is 0 Å². The van der Waals surface area contributed by atoms with Gasteiger partial charge < -0.3 is 4.90 Å². The molecule has 0 aliphatic rings. The van der Waals surface area contributed by atoms with Gasteiger partial charge in [-0.2, -0.15) is 0 Å². The highest BCUT2D eigenvalue weighted by atomic mass is 79.9. The summed E-state index contributed by atoms with van der Waals surface area (Å²) in [7, 11) is 3.42. The standard InChI is InChI=1S/C10H8BrClN2OS/c1-14(2)9(15)5-3-6(12)8-7(4-5)16-10(11)13-8/h3-4H,1-2H3. The molecule has 0 bridgehead atoms. The summed E-state index contributed by atoms with van der Waals surface area (Å²) in [6.07, 6.45) is 0. The first-order valence-corrected chi connectivity index (χ1v) is 6.45. The van der Waals surface area contributed by atoms with Crippen molar-refractivity contribution in [2.24, 2.45) is 0 Å². The van der Waals surface area contributed by atoms with Crippen LogP contribution in [-0.4, -0.2) is 29.9 Å². The van der Waals surface area contributed by atoms with Crippen LogP contribution in [0.5, 0.6) is 0 Å². The molecule has 0 fully saturated rings. The highest BCUT2D eigenvalue weighted by molar-refractivity contribution is 9.11. The van der Waals surface area contributed by atoms with E-state index in [0.29, 0.717) is 10.6 Å². The van der Waals surface area contributed by atoms with Gasteiger partial charge in [0.15, 0.2) is 3.92 Å². The maximum absolute atomic E-state index is 11.8. The molecular weight excluding hydrogens is 312 g/mol. The predicted molar refractivity (Wildman–Crippen MR) is 70.3 cm³/mol. The summed E-state index contributed by atoms with van der Waals surface area (Å²) < 4.78 is 1.67. The number of hydrogen-bond donors (Lipinski definition) is 0. The van der Waals surface area contributed by atoms with Crippen LogP contribution in [-0.2, 0) is 0 Å². The van der Waals surface area contributed by atoms with Crippen LogP contribution < -0.4 is 0 Å². The molecular formula is C10H8BrClN2OS. The van der Waals surface area contributed by atoms with Crippen molar-refractivity contribution in [3.8, 4) is 0 Å². The Morgan fingerprint density at radius 1 is 1.50 bits per heavy atom. The zero-order chi connectivity index (χ0) is 11.9. The van der Waals surface area contributed by atoms with Crippen LogP contribution >= 0.6 is 38.9 Å². The fourth-order valence-electron chi connectivity index (χ4n) is 1.34. The van der Waals surface area contributed by atoms with Gasteiger partial charge in [-0.25, -0.2) is 4.98 Å². The molecule has 0 spiro atoms. The number of amides is 1. The van der Waals surface area contributed by atoms with Crippen molar-refractivity contribution < 1.29 is 4.79 Å². The summed E-state index contributed by atoms with van der Waals surface area (Å²) >= 11 is 10.8. The van der Waals surface area contributed by atoms with Gasteiger partial charge in [-0.05, 0) is 28.1 Å². The Bertz CT molecular complexity index is 567. The third-order valence-electron chi connectivity index (χ3n) is 2.08. The fraction of sp³-hybridized carbons (Fsp3) is 0.200. The lowest BCUT2D eigenvalue weighted by Gasteiger charge is -2.10. The number of aromatic nitrogens is 1. The van der Waals surface area contributed by atoms with Gasteiger partial charge in [0, 0.05) is 19.7 Å². The third-order valence-corrected chi connectivity index (χ3v) is 3.82. The van der Waals surface area contributed by atoms with Gasteiger partial charge in [0.1, 0.15) is 5.52 Å². The molecule has 0 unspecified atom stereocenters. The maximum atomic E-state index is 11.8. The molecule has 84 valence electrons. The van der Waals surface area contributed by atoms with Gasteiger partial charge in [-0.1, -0.05) is 11.6 Å². The number of benzene rings is 1. The van der Waals surface area contributed by atoms with Crippen molar-refractivity contribution in [2.45, 2.75) is 0 Å². The van der Waals surface area contributed by atoms with Crippen LogP contribution in [0.4, 0.5) is 0 Å². The van der Waals surface area contributed by atoms with E-state index in [-0.39, 0.29) is 5.91 Å². The molecule has 1 amide bonds. The minimum Gasteiger partial charge on any atom is -0.345 e. The highest BCUT2D eigenvalue weighted by Gasteiger charge is 2.13. The monoisotopic (exact) mass is 318 g/mol. The molecule has 16 heavy (non-hydrogen) atoms. The molecule has 1 aromatic heterocycles. The van der Waals surface area contributed by atoms with Crippen molar-refractivity contribution in [1.82, 2.24) is 9.88 Å². The summed E-state index contributed by atoms with van der Waals surface area (Å²) in [5, 5.41) is 0.504. The van der Waals surface area contributed by atoms with E-state index in [9.17, 15) is 4.79 Å². The first kappa shape index (κ1) is 11.8. The fourth-order valence-corrected chi connectivity index (χ4v) is 3.12. The van der Waals surface area contributed by atoms with Crippen LogP contribution in [0, 0.1) is 0 Å². The van der Waals surface area contributed by atoms with Gasteiger partial charge in [0.25, 0.3) is 5.91 Å². The lowest BCUT2D eigenvalue weighted by atomic mass is 10.2. The van der Waals surface area contributed by atoms with Gasteiger partial charge in [-0.3, -0.25) is 4.79 Å². The Hall–Kier alpha value is -0.650. The Labute approximate surface area is 110 Å². The number of halogens is 2. The largest absolute Gasteiger partial charge is 0.345 e. The smallest absolute Gasteiger partial charge is 0.253 e. The SMILES string of the molecule is CN(C)C(=O)c1cc(Cl)c2nc(Br)sc2c1.